The van der Waals surface area contributed by atoms with Crippen LogP contribution >= 0.6 is 0 Å². The van der Waals surface area contributed by atoms with E-state index in [9.17, 15) is 9.59 Å². The number of nitrogens with zero attached hydrogens (tertiary/aromatic N) is 2. The van der Waals surface area contributed by atoms with E-state index in [4.69, 9.17) is 19.5 Å². The molecule has 0 unspecified atom stereocenters. The summed E-state index contributed by atoms with van der Waals surface area (Å²) in [4.78, 5) is 25.4. The Balaban J connectivity index is 1.68. The van der Waals surface area contributed by atoms with E-state index in [-0.39, 0.29) is 18.0 Å². The average Bonchev–Trinajstić information content (AvgIpc) is 3.19. The number of carbonyl (C=O) groups excluding carboxylic acids is 2. The minimum absolute atomic E-state index is 0.271. The summed E-state index contributed by atoms with van der Waals surface area (Å²) in [5.41, 5.74) is 1.59. The van der Waals surface area contributed by atoms with E-state index < -0.39 is 5.97 Å². The summed E-state index contributed by atoms with van der Waals surface area (Å²) in [6.07, 6.45) is 2.95. The molecule has 0 N–H and O–H groups in total. The highest BCUT2D eigenvalue weighted by Crippen LogP contribution is 2.29. The smallest absolute Gasteiger partial charge is 0.338 e. The van der Waals surface area contributed by atoms with E-state index in [0.717, 1.165) is 17.3 Å². The Labute approximate surface area is 193 Å². The Hall–Kier alpha value is -3.79. The van der Waals surface area contributed by atoms with Gasteiger partial charge in [0.25, 0.3) is 0 Å². The van der Waals surface area contributed by atoms with Crippen molar-refractivity contribution in [2.75, 3.05) is 20.3 Å². The standard InChI is InChI=1S/C26H28N2O5/c1-18(2)11-14-32-24-10-9-19(15-25(24)31-3)26(30)33-17-23(29)21-16-28(13-6-12-27)22-8-5-4-7-20(21)22/h4-5,7-10,15-16,18H,6,11,13-14,17H2,1-3H3. The molecule has 3 aromatic rings. The number of fused-ring (bicyclic) bond motifs is 1. The Kier molecular flexibility index (Phi) is 8.09. The number of benzene rings is 2. The van der Waals surface area contributed by atoms with Crippen molar-refractivity contribution in [3.8, 4) is 17.6 Å². The second kappa shape index (κ2) is 11.2. The normalized spacial score (nSPS) is 10.8. The molecule has 0 saturated heterocycles. The largest absolute Gasteiger partial charge is 0.493 e. The van der Waals surface area contributed by atoms with Crippen molar-refractivity contribution in [2.45, 2.75) is 33.2 Å². The number of aromatic nitrogens is 1. The number of nitriles is 1. The number of aryl methyl sites for hydroxylation is 1. The SMILES string of the molecule is COc1cc(C(=O)OCC(=O)c2cn(CCC#N)c3ccccc23)ccc1OCCC(C)C. The van der Waals surface area contributed by atoms with Gasteiger partial charge in [0.15, 0.2) is 18.1 Å². The summed E-state index contributed by atoms with van der Waals surface area (Å²) in [6, 6.07) is 14.4. The minimum Gasteiger partial charge on any atom is -0.493 e. The molecule has 0 bridgehead atoms. The number of ether oxygens (including phenoxy) is 3. The highest BCUT2D eigenvalue weighted by atomic mass is 16.5. The van der Waals surface area contributed by atoms with Crippen molar-refractivity contribution in [3.05, 3.63) is 59.8 Å². The summed E-state index contributed by atoms with van der Waals surface area (Å²) < 4.78 is 18.3. The monoisotopic (exact) mass is 448 g/mol. The lowest BCUT2D eigenvalue weighted by molar-refractivity contribution is 0.0474. The highest BCUT2D eigenvalue weighted by Gasteiger charge is 2.18. The van der Waals surface area contributed by atoms with Gasteiger partial charge in [0.2, 0.25) is 5.78 Å². The molecule has 33 heavy (non-hydrogen) atoms. The number of ketones is 1. The fourth-order valence-electron chi connectivity index (χ4n) is 3.43. The summed E-state index contributed by atoms with van der Waals surface area (Å²) in [5, 5.41) is 9.65. The Bertz CT molecular complexity index is 1170. The molecule has 0 amide bonds. The van der Waals surface area contributed by atoms with Crippen molar-refractivity contribution in [3.63, 3.8) is 0 Å². The third kappa shape index (κ3) is 5.92. The van der Waals surface area contributed by atoms with E-state index in [1.165, 1.54) is 7.11 Å². The van der Waals surface area contributed by atoms with Gasteiger partial charge in [-0.25, -0.2) is 4.79 Å². The predicted molar refractivity (Wildman–Crippen MR) is 125 cm³/mol. The number of hydrogen-bond donors (Lipinski definition) is 0. The van der Waals surface area contributed by atoms with Crippen LogP contribution in [0.1, 0.15) is 47.4 Å². The van der Waals surface area contributed by atoms with Crippen molar-refractivity contribution in [1.82, 2.24) is 4.57 Å². The lowest BCUT2D eigenvalue weighted by Gasteiger charge is -2.13. The molecule has 0 atom stereocenters. The first-order chi connectivity index (χ1) is 15.9. The van der Waals surface area contributed by atoms with E-state index >= 15 is 0 Å². The van der Waals surface area contributed by atoms with E-state index in [1.54, 1.807) is 24.4 Å². The van der Waals surface area contributed by atoms with Crippen LogP contribution < -0.4 is 9.47 Å². The lowest BCUT2D eigenvalue weighted by atomic mass is 10.1. The molecule has 7 heteroatoms. The molecule has 172 valence electrons. The number of rotatable bonds is 11. The number of hydrogen-bond acceptors (Lipinski definition) is 6. The molecule has 0 fully saturated rings. The maximum absolute atomic E-state index is 12.8. The van der Waals surface area contributed by atoms with Gasteiger partial charge in [-0.2, -0.15) is 5.26 Å². The maximum Gasteiger partial charge on any atom is 0.338 e. The average molecular weight is 449 g/mol. The van der Waals surface area contributed by atoms with Crippen LogP contribution in [-0.4, -0.2) is 36.6 Å². The van der Waals surface area contributed by atoms with Crippen LogP contribution in [0.5, 0.6) is 11.5 Å². The van der Waals surface area contributed by atoms with Crippen LogP contribution in [0.2, 0.25) is 0 Å². The van der Waals surface area contributed by atoms with Gasteiger partial charge in [-0.3, -0.25) is 4.79 Å². The van der Waals surface area contributed by atoms with E-state index in [2.05, 4.69) is 19.9 Å². The Morgan fingerprint density at radius 3 is 2.64 bits per heavy atom. The van der Waals surface area contributed by atoms with Gasteiger partial charge in [-0.1, -0.05) is 32.0 Å². The third-order valence-corrected chi connectivity index (χ3v) is 5.24. The zero-order valence-electron chi connectivity index (χ0n) is 19.2. The summed E-state index contributed by atoms with van der Waals surface area (Å²) in [5.74, 6) is 0.568. The first-order valence-corrected chi connectivity index (χ1v) is 10.9. The molecule has 0 radical (unpaired) electrons. The van der Waals surface area contributed by atoms with Gasteiger partial charge in [0, 0.05) is 29.2 Å². The number of methoxy groups -OCH3 is 1. The molecule has 0 aliphatic carbocycles. The van der Waals surface area contributed by atoms with E-state index in [1.807, 2.05) is 28.8 Å². The molecule has 3 rings (SSSR count). The number of para-hydroxylation sites is 1. The first kappa shape index (κ1) is 23.9. The minimum atomic E-state index is -0.622. The molecule has 1 heterocycles. The Morgan fingerprint density at radius 1 is 1.12 bits per heavy atom. The van der Waals surface area contributed by atoms with Crippen LogP contribution in [0.25, 0.3) is 10.9 Å². The van der Waals surface area contributed by atoms with Gasteiger partial charge in [0.05, 0.1) is 31.8 Å². The summed E-state index contributed by atoms with van der Waals surface area (Å²) >= 11 is 0. The van der Waals surface area contributed by atoms with Crippen molar-refractivity contribution < 1.29 is 23.8 Å². The quantitative estimate of drug-likeness (QED) is 0.302. The van der Waals surface area contributed by atoms with Crippen LogP contribution in [0.3, 0.4) is 0 Å². The summed E-state index contributed by atoms with van der Waals surface area (Å²) in [6.45, 7) is 4.87. The number of carbonyl (C=O) groups is 2. The number of Topliss-reactive ketones (excluding diaryl/α,β-unsaturated/α-hetero) is 1. The zero-order chi connectivity index (χ0) is 23.8. The predicted octanol–water partition coefficient (Wildman–Crippen LogP) is 5.03. The maximum atomic E-state index is 12.8. The third-order valence-electron chi connectivity index (χ3n) is 5.24. The van der Waals surface area contributed by atoms with Gasteiger partial charge >= 0.3 is 5.97 Å². The van der Waals surface area contributed by atoms with Crippen LogP contribution in [0.15, 0.2) is 48.7 Å². The highest BCUT2D eigenvalue weighted by molar-refractivity contribution is 6.09. The van der Waals surface area contributed by atoms with Crippen molar-refractivity contribution in [2.24, 2.45) is 5.92 Å². The fraction of sp³-hybridized carbons (Fsp3) is 0.346. The van der Waals surface area contributed by atoms with Crippen LogP contribution in [0, 0.1) is 17.2 Å². The molecule has 1 aromatic heterocycles. The van der Waals surface area contributed by atoms with Crippen LogP contribution in [0.4, 0.5) is 0 Å². The Morgan fingerprint density at radius 2 is 1.91 bits per heavy atom. The van der Waals surface area contributed by atoms with Gasteiger partial charge in [-0.15, -0.1) is 0 Å². The topological polar surface area (TPSA) is 90.5 Å². The fourth-order valence-corrected chi connectivity index (χ4v) is 3.43. The van der Waals surface area contributed by atoms with Crippen LogP contribution in [-0.2, 0) is 11.3 Å². The van der Waals surface area contributed by atoms with E-state index in [0.29, 0.717) is 42.6 Å². The first-order valence-electron chi connectivity index (χ1n) is 10.9. The van der Waals surface area contributed by atoms with Crippen molar-refractivity contribution in [1.29, 1.82) is 5.26 Å². The number of esters is 1. The van der Waals surface area contributed by atoms with Gasteiger partial charge < -0.3 is 18.8 Å². The summed E-state index contributed by atoms with van der Waals surface area (Å²) in [7, 11) is 1.51. The van der Waals surface area contributed by atoms with Crippen molar-refractivity contribution >= 4 is 22.7 Å². The molecule has 0 spiro atoms. The zero-order valence-corrected chi connectivity index (χ0v) is 19.2. The van der Waals surface area contributed by atoms with Gasteiger partial charge in [0.1, 0.15) is 0 Å². The second-order valence-corrected chi connectivity index (χ2v) is 8.06. The molecule has 0 aliphatic heterocycles. The molecule has 2 aromatic carbocycles. The molecule has 7 nitrogen and oxygen atoms in total. The van der Waals surface area contributed by atoms with Gasteiger partial charge in [-0.05, 0) is 36.6 Å². The molecule has 0 aliphatic rings. The lowest BCUT2D eigenvalue weighted by Crippen LogP contribution is -2.14. The second-order valence-electron chi connectivity index (χ2n) is 8.06. The molecular formula is C26H28N2O5. The molecule has 0 saturated carbocycles. The molecular weight excluding hydrogens is 420 g/mol.